The molecule has 0 saturated heterocycles. The van der Waals surface area contributed by atoms with E-state index >= 15 is 0 Å². The summed E-state index contributed by atoms with van der Waals surface area (Å²) in [6.45, 7) is -0.0684. The minimum absolute atomic E-state index is 0.0684. The second-order valence-corrected chi connectivity index (χ2v) is 6.44. The van der Waals surface area contributed by atoms with Gasteiger partial charge in [-0.15, -0.1) is 0 Å². The molecule has 0 bridgehead atoms. The quantitative estimate of drug-likeness (QED) is 0.380. The van der Waals surface area contributed by atoms with Crippen LogP contribution in [-0.2, 0) is 12.7 Å². The fraction of sp³-hybridized carbons (Fsp3) is 0.100. The number of hydrogen-bond donors (Lipinski definition) is 0. The summed E-state index contributed by atoms with van der Waals surface area (Å²) >= 11 is 0. The monoisotopic (exact) mass is 416 g/mol. The summed E-state index contributed by atoms with van der Waals surface area (Å²) in [6, 6.07) is 6.22. The maximum atomic E-state index is 14.5. The first-order chi connectivity index (χ1) is 14.3. The fourth-order valence-corrected chi connectivity index (χ4v) is 3.15. The van der Waals surface area contributed by atoms with E-state index in [4.69, 9.17) is 0 Å². The zero-order valence-electron chi connectivity index (χ0n) is 15.1. The third-order valence-electron chi connectivity index (χ3n) is 4.52. The Morgan fingerprint density at radius 2 is 1.83 bits per heavy atom. The molecule has 30 heavy (non-hydrogen) atoms. The van der Waals surface area contributed by atoms with Crippen molar-refractivity contribution in [2.24, 2.45) is 0 Å². The van der Waals surface area contributed by atoms with Gasteiger partial charge < -0.3 is 5.11 Å². The summed E-state index contributed by atoms with van der Waals surface area (Å²) in [5, 5.41) is 13.2. The van der Waals surface area contributed by atoms with Gasteiger partial charge in [0.05, 0.1) is 17.6 Å². The predicted molar refractivity (Wildman–Crippen MR) is 94.8 cm³/mol. The number of fused-ring (bicyclic) bond motifs is 1. The molecular formula is C20H12F4N4O2. The zero-order valence-corrected chi connectivity index (χ0v) is 15.1. The fourth-order valence-electron chi connectivity index (χ4n) is 3.15. The standard InChI is InChI=1S/C20H12F4N4O2/c21-15-5-4-13(20(22,23)24)7-14(15)17-18(29)27-6-2-1-3-16(27)28(19(17)30)10-12-8-25-11-26-9-12/h1-9,11H,10H2. The summed E-state index contributed by atoms with van der Waals surface area (Å²) in [7, 11) is 0. The molecule has 0 spiro atoms. The minimum atomic E-state index is -4.77. The van der Waals surface area contributed by atoms with Gasteiger partial charge in [-0.3, -0.25) is 0 Å². The first kappa shape index (κ1) is 19.5. The third kappa shape index (κ3) is 3.36. The zero-order chi connectivity index (χ0) is 21.5. The number of hydrogen-bond acceptors (Lipinski definition) is 4. The Kier molecular flexibility index (Phi) is 4.69. The lowest BCUT2D eigenvalue weighted by molar-refractivity contribution is -0.708. The van der Waals surface area contributed by atoms with Gasteiger partial charge in [-0.05, 0) is 24.3 Å². The van der Waals surface area contributed by atoms with Gasteiger partial charge in [-0.2, -0.15) is 17.6 Å². The van der Waals surface area contributed by atoms with E-state index in [0.717, 1.165) is 8.97 Å². The van der Waals surface area contributed by atoms with E-state index < -0.39 is 40.1 Å². The smallest absolute Gasteiger partial charge is 0.416 e. The molecule has 4 rings (SSSR count). The Bertz CT molecular complexity index is 1300. The van der Waals surface area contributed by atoms with E-state index in [1.165, 1.54) is 37.1 Å². The van der Waals surface area contributed by atoms with Crippen LogP contribution in [-0.4, -0.2) is 14.4 Å². The molecule has 0 fully saturated rings. The SMILES string of the molecule is O=c1c(-c2cc(C(F)(F)F)ccc2F)c([O-])[n+](Cc2cncnc2)c2ccccn12. The van der Waals surface area contributed by atoms with Gasteiger partial charge in [-0.25, -0.2) is 23.7 Å². The van der Waals surface area contributed by atoms with E-state index in [1.807, 2.05) is 0 Å². The Morgan fingerprint density at radius 1 is 1.10 bits per heavy atom. The van der Waals surface area contributed by atoms with Crippen LogP contribution < -0.4 is 15.2 Å². The molecule has 0 aliphatic rings. The lowest BCUT2D eigenvalue weighted by atomic mass is 10.0. The molecule has 0 aliphatic carbocycles. The van der Waals surface area contributed by atoms with Crippen molar-refractivity contribution in [3.05, 3.63) is 88.6 Å². The second kappa shape index (κ2) is 7.21. The van der Waals surface area contributed by atoms with Gasteiger partial charge in [0.1, 0.15) is 24.3 Å². The summed E-state index contributed by atoms with van der Waals surface area (Å²) in [4.78, 5) is 20.7. The maximum absolute atomic E-state index is 14.5. The molecule has 0 unspecified atom stereocenters. The van der Waals surface area contributed by atoms with Crippen LogP contribution in [0, 0.1) is 5.82 Å². The predicted octanol–water partition coefficient (Wildman–Crippen LogP) is 2.32. The van der Waals surface area contributed by atoms with E-state index in [1.54, 1.807) is 6.07 Å². The largest absolute Gasteiger partial charge is 0.842 e. The van der Waals surface area contributed by atoms with E-state index in [-0.39, 0.29) is 12.2 Å². The molecule has 0 amide bonds. The van der Waals surface area contributed by atoms with Crippen molar-refractivity contribution >= 4 is 5.65 Å². The van der Waals surface area contributed by atoms with E-state index in [9.17, 15) is 27.5 Å². The molecule has 0 atom stereocenters. The molecule has 0 saturated carbocycles. The van der Waals surface area contributed by atoms with Crippen molar-refractivity contribution in [2.45, 2.75) is 12.7 Å². The Morgan fingerprint density at radius 3 is 2.53 bits per heavy atom. The molecule has 6 nitrogen and oxygen atoms in total. The molecular weight excluding hydrogens is 404 g/mol. The average molecular weight is 416 g/mol. The number of halogens is 4. The van der Waals surface area contributed by atoms with Gasteiger partial charge in [0.15, 0.2) is 0 Å². The Balaban J connectivity index is 2.04. The van der Waals surface area contributed by atoms with Gasteiger partial charge in [0.2, 0.25) is 0 Å². The van der Waals surface area contributed by atoms with Gasteiger partial charge in [0, 0.05) is 29.6 Å². The van der Waals surface area contributed by atoms with Crippen molar-refractivity contribution < 1.29 is 27.2 Å². The number of rotatable bonds is 3. The number of nitrogens with zero attached hydrogens (tertiary/aromatic N) is 4. The highest BCUT2D eigenvalue weighted by Gasteiger charge is 2.32. The number of alkyl halides is 3. The van der Waals surface area contributed by atoms with Crippen LogP contribution in [0.4, 0.5) is 17.6 Å². The molecule has 1 aromatic carbocycles. The van der Waals surface area contributed by atoms with Crippen molar-refractivity contribution in [3.8, 4) is 17.0 Å². The molecule has 10 heteroatoms. The van der Waals surface area contributed by atoms with Gasteiger partial charge in [-0.1, -0.05) is 6.07 Å². The van der Waals surface area contributed by atoms with Crippen LogP contribution in [0.1, 0.15) is 11.1 Å². The van der Waals surface area contributed by atoms with Gasteiger partial charge in [0.25, 0.3) is 5.65 Å². The summed E-state index contributed by atoms with van der Waals surface area (Å²) in [5.41, 5.74) is -2.80. The Hall–Kier alpha value is -3.82. The van der Waals surface area contributed by atoms with Crippen LogP contribution >= 0.6 is 0 Å². The highest BCUT2D eigenvalue weighted by molar-refractivity contribution is 5.68. The highest BCUT2D eigenvalue weighted by Crippen LogP contribution is 2.34. The highest BCUT2D eigenvalue weighted by atomic mass is 19.4. The normalized spacial score (nSPS) is 11.7. The van der Waals surface area contributed by atoms with Crippen molar-refractivity contribution in [1.29, 1.82) is 0 Å². The van der Waals surface area contributed by atoms with E-state index in [0.29, 0.717) is 23.8 Å². The Labute approximate surface area is 166 Å². The van der Waals surface area contributed by atoms with Crippen LogP contribution in [0.2, 0.25) is 0 Å². The lowest BCUT2D eigenvalue weighted by Gasteiger charge is -2.18. The van der Waals surface area contributed by atoms with E-state index in [2.05, 4.69) is 9.97 Å². The van der Waals surface area contributed by atoms with Crippen molar-refractivity contribution in [3.63, 3.8) is 0 Å². The minimum Gasteiger partial charge on any atom is -0.842 e. The van der Waals surface area contributed by atoms with Gasteiger partial charge >= 0.3 is 11.7 Å². The number of benzene rings is 1. The van der Waals surface area contributed by atoms with Crippen LogP contribution in [0.25, 0.3) is 16.8 Å². The maximum Gasteiger partial charge on any atom is 0.416 e. The molecule has 3 aromatic heterocycles. The molecule has 0 aliphatic heterocycles. The van der Waals surface area contributed by atoms with Crippen LogP contribution in [0.3, 0.4) is 0 Å². The molecule has 152 valence electrons. The number of pyridine rings is 1. The molecule has 3 heterocycles. The summed E-state index contributed by atoms with van der Waals surface area (Å²) < 4.78 is 56.1. The average Bonchev–Trinajstić information content (AvgIpc) is 2.72. The first-order valence-corrected chi connectivity index (χ1v) is 8.62. The van der Waals surface area contributed by atoms with Crippen LogP contribution in [0.15, 0.2) is 66.1 Å². The van der Waals surface area contributed by atoms with Crippen molar-refractivity contribution in [2.75, 3.05) is 0 Å². The van der Waals surface area contributed by atoms with Crippen molar-refractivity contribution in [1.82, 2.24) is 14.4 Å². The molecule has 4 aromatic rings. The summed E-state index contributed by atoms with van der Waals surface area (Å²) in [5.74, 6) is -2.03. The molecule has 0 radical (unpaired) electrons. The lowest BCUT2D eigenvalue weighted by Crippen LogP contribution is -2.44. The summed E-state index contributed by atoms with van der Waals surface area (Å²) in [6.07, 6.45) is 0.784. The first-order valence-electron chi connectivity index (χ1n) is 8.62. The van der Waals surface area contributed by atoms with Crippen LogP contribution in [0.5, 0.6) is 5.88 Å². The topological polar surface area (TPSA) is 74.2 Å². The number of aromatic nitrogens is 4. The second-order valence-electron chi connectivity index (χ2n) is 6.44. The third-order valence-corrected chi connectivity index (χ3v) is 4.52. The molecule has 0 N–H and O–H groups in total.